The van der Waals surface area contributed by atoms with Gasteiger partial charge in [0.05, 0.1) is 34.7 Å². The molecule has 2 heterocycles. The van der Waals surface area contributed by atoms with E-state index in [-0.39, 0.29) is 11.9 Å². The van der Waals surface area contributed by atoms with Gasteiger partial charge in [-0.3, -0.25) is 9.10 Å². The highest BCUT2D eigenvalue weighted by atomic mass is 32.2. The molecule has 1 N–H and O–H groups in total. The number of aromatic nitrogens is 2. The summed E-state index contributed by atoms with van der Waals surface area (Å²) in [6, 6.07) is 14.7. The summed E-state index contributed by atoms with van der Waals surface area (Å²) in [6.45, 7) is 5.64. The molecule has 0 saturated carbocycles. The molecule has 1 aromatic heterocycles. The highest BCUT2D eigenvalue weighted by Gasteiger charge is 2.32. The summed E-state index contributed by atoms with van der Waals surface area (Å²) < 4.78 is 27.4. The lowest BCUT2D eigenvalue weighted by molar-refractivity contribution is 0.102. The molecule has 4 rings (SSSR count). The van der Waals surface area contributed by atoms with Crippen molar-refractivity contribution in [3.63, 3.8) is 0 Å². The molecule has 1 amide bonds. The van der Waals surface area contributed by atoms with Crippen molar-refractivity contribution in [2.75, 3.05) is 15.9 Å². The third-order valence-corrected chi connectivity index (χ3v) is 6.65. The Labute approximate surface area is 176 Å². The molecule has 3 aromatic rings. The molecule has 0 bridgehead atoms. The Hall–Kier alpha value is -3.13. The molecular formula is C22H24N4O3S. The van der Waals surface area contributed by atoms with Crippen LogP contribution in [0.25, 0.3) is 5.69 Å². The number of benzene rings is 2. The molecule has 0 spiro atoms. The number of sulfonamides is 1. The molecule has 0 saturated heterocycles. The summed E-state index contributed by atoms with van der Waals surface area (Å²) in [4.78, 5) is 12.9. The van der Waals surface area contributed by atoms with E-state index in [4.69, 9.17) is 0 Å². The number of aryl methyl sites for hydroxylation is 1. The number of para-hydroxylation sites is 1. The maximum Gasteiger partial charge on any atom is 0.255 e. The third-order valence-electron chi connectivity index (χ3n) is 5.38. The number of carbonyl (C=O) groups is 1. The molecule has 8 heteroatoms. The SMILES string of the molecule is Cc1nn(-c2ccccc2)c(C)c1NC(=O)c1ccc2c(c1)C[C@H](C)N2S(C)(=O)=O. The molecule has 0 fully saturated rings. The maximum atomic E-state index is 12.9. The molecule has 0 unspecified atom stereocenters. The highest BCUT2D eigenvalue weighted by Crippen LogP contribution is 2.35. The monoisotopic (exact) mass is 424 g/mol. The Morgan fingerprint density at radius 3 is 2.50 bits per heavy atom. The first-order valence-electron chi connectivity index (χ1n) is 9.72. The van der Waals surface area contributed by atoms with Crippen molar-refractivity contribution in [2.24, 2.45) is 0 Å². The first-order chi connectivity index (χ1) is 14.2. The summed E-state index contributed by atoms with van der Waals surface area (Å²) in [5, 5.41) is 7.54. The van der Waals surface area contributed by atoms with E-state index in [0.717, 1.165) is 22.6 Å². The molecule has 30 heavy (non-hydrogen) atoms. The van der Waals surface area contributed by atoms with Gasteiger partial charge in [-0.2, -0.15) is 5.10 Å². The third kappa shape index (κ3) is 3.47. The van der Waals surface area contributed by atoms with Gasteiger partial charge < -0.3 is 5.32 Å². The zero-order chi connectivity index (χ0) is 21.6. The van der Waals surface area contributed by atoms with Crippen LogP contribution in [-0.4, -0.2) is 36.4 Å². The molecule has 0 aliphatic carbocycles. The largest absolute Gasteiger partial charge is 0.319 e. The fourth-order valence-electron chi connectivity index (χ4n) is 4.08. The lowest BCUT2D eigenvalue weighted by atomic mass is 10.1. The van der Waals surface area contributed by atoms with Gasteiger partial charge in [-0.1, -0.05) is 18.2 Å². The van der Waals surface area contributed by atoms with E-state index in [1.165, 1.54) is 10.6 Å². The van der Waals surface area contributed by atoms with Gasteiger partial charge >= 0.3 is 0 Å². The molecular weight excluding hydrogens is 400 g/mol. The van der Waals surface area contributed by atoms with Crippen molar-refractivity contribution in [3.8, 4) is 5.69 Å². The number of anilines is 2. The van der Waals surface area contributed by atoms with Gasteiger partial charge in [0.15, 0.2) is 0 Å². The van der Waals surface area contributed by atoms with Crippen LogP contribution in [0.4, 0.5) is 11.4 Å². The number of nitrogens with zero attached hydrogens (tertiary/aromatic N) is 3. The second kappa shape index (κ2) is 7.28. The Morgan fingerprint density at radius 2 is 1.83 bits per heavy atom. The van der Waals surface area contributed by atoms with Crippen LogP contribution in [0, 0.1) is 13.8 Å². The minimum absolute atomic E-state index is 0.165. The van der Waals surface area contributed by atoms with Crippen molar-refractivity contribution in [2.45, 2.75) is 33.2 Å². The van der Waals surface area contributed by atoms with Crippen molar-refractivity contribution < 1.29 is 13.2 Å². The summed E-state index contributed by atoms with van der Waals surface area (Å²) in [5.41, 5.74) is 5.15. The van der Waals surface area contributed by atoms with Crippen LogP contribution in [-0.2, 0) is 16.4 Å². The number of fused-ring (bicyclic) bond motifs is 1. The van der Waals surface area contributed by atoms with E-state index >= 15 is 0 Å². The summed E-state index contributed by atoms with van der Waals surface area (Å²) >= 11 is 0. The van der Waals surface area contributed by atoms with Crippen molar-refractivity contribution in [1.82, 2.24) is 9.78 Å². The van der Waals surface area contributed by atoms with E-state index in [2.05, 4.69) is 10.4 Å². The number of amides is 1. The Kier molecular flexibility index (Phi) is 4.89. The predicted molar refractivity (Wildman–Crippen MR) is 118 cm³/mol. The molecule has 7 nitrogen and oxygen atoms in total. The Balaban J connectivity index is 1.62. The van der Waals surface area contributed by atoms with Gasteiger partial charge in [-0.25, -0.2) is 13.1 Å². The van der Waals surface area contributed by atoms with Crippen molar-refractivity contribution in [3.05, 3.63) is 71.0 Å². The predicted octanol–water partition coefficient (Wildman–Crippen LogP) is 3.45. The first kappa shape index (κ1) is 20.2. The Bertz CT molecular complexity index is 1230. The molecule has 1 atom stereocenters. The molecule has 156 valence electrons. The van der Waals surface area contributed by atoms with Gasteiger partial charge in [0.1, 0.15) is 0 Å². The normalized spacial score (nSPS) is 15.9. The second-order valence-electron chi connectivity index (χ2n) is 7.70. The van der Waals surface area contributed by atoms with Crippen molar-refractivity contribution in [1.29, 1.82) is 0 Å². The van der Waals surface area contributed by atoms with Gasteiger partial charge in [0, 0.05) is 11.6 Å². The van der Waals surface area contributed by atoms with E-state index in [1.54, 1.807) is 22.9 Å². The van der Waals surface area contributed by atoms with Crippen LogP contribution in [0.5, 0.6) is 0 Å². The number of nitrogens with one attached hydrogen (secondary N) is 1. The van der Waals surface area contributed by atoms with E-state index < -0.39 is 10.0 Å². The minimum Gasteiger partial charge on any atom is -0.319 e. The van der Waals surface area contributed by atoms with Crippen LogP contribution in [0.1, 0.15) is 34.2 Å². The quantitative estimate of drug-likeness (QED) is 0.695. The topological polar surface area (TPSA) is 84.3 Å². The molecule has 0 radical (unpaired) electrons. The van der Waals surface area contributed by atoms with Gasteiger partial charge in [0.2, 0.25) is 10.0 Å². The van der Waals surface area contributed by atoms with Crippen LogP contribution < -0.4 is 9.62 Å². The molecule has 1 aliphatic heterocycles. The zero-order valence-electron chi connectivity index (χ0n) is 17.4. The zero-order valence-corrected chi connectivity index (χ0v) is 18.2. The summed E-state index contributed by atoms with van der Waals surface area (Å²) in [5.74, 6) is -0.248. The highest BCUT2D eigenvalue weighted by molar-refractivity contribution is 7.92. The van der Waals surface area contributed by atoms with Crippen LogP contribution in [0.2, 0.25) is 0 Å². The van der Waals surface area contributed by atoms with Gasteiger partial charge in [-0.05, 0) is 63.1 Å². The second-order valence-corrected chi connectivity index (χ2v) is 9.56. The van der Waals surface area contributed by atoms with Crippen LogP contribution in [0.3, 0.4) is 0 Å². The van der Waals surface area contributed by atoms with E-state index in [0.29, 0.717) is 23.4 Å². The summed E-state index contributed by atoms with van der Waals surface area (Å²) in [6.07, 6.45) is 1.78. The minimum atomic E-state index is -3.36. The standard InChI is InChI=1S/C22H24N4O3S/c1-14-12-18-13-17(10-11-20(18)26(14)30(4,28)29)22(27)23-21-15(2)24-25(16(21)3)19-8-6-5-7-9-19/h5-11,13-14H,12H2,1-4H3,(H,23,27)/t14-/m0/s1. The van der Waals surface area contributed by atoms with Gasteiger partial charge in [0.25, 0.3) is 5.91 Å². The lowest BCUT2D eigenvalue weighted by Crippen LogP contribution is -2.34. The molecule has 2 aromatic carbocycles. The maximum absolute atomic E-state index is 12.9. The number of carbonyl (C=O) groups excluding carboxylic acids is 1. The average Bonchev–Trinajstić information content (AvgIpc) is 3.18. The fraction of sp³-hybridized carbons (Fsp3) is 0.273. The molecule has 1 aliphatic rings. The number of hydrogen-bond acceptors (Lipinski definition) is 4. The van der Waals surface area contributed by atoms with Crippen LogP contribution in [0.15, 0.2) is 48.5 Å². The summed E-state index contributed by atoms with van der Waals surface area (Å²) in [7, 11) is -3.36. The number of rotatable bonds is 4. The van der Waals surface area contributed by atoms with Gasteiger partial charge in [-0.15, -0.1) is 0 Å². The van der Waals surface area contributed by atoms with E-state index in [1.807, 2.05) is 51.1 Å². The fourth-order valence-corrected chi connectivity index (χ4v) is 5.34. The Morgan fingerprint density at radius 1 is 1.13 bits per heavy atom. The first-order valence-corrected chi connectivity index (χ1v) is 11.6. The number of hydrogen-bond donors (Lipinski definition) is 1. The smallest absolute Gasteiger partial charge is 0.255 e. The van der Waals surface area contributed by atoms with E-state index in [9.17, 15) is 13.2 Å². The van der Waals surface area contributed by atoms with Crippen molar-refractivity contribution >= 4 is 27.3 Å². The average molecular weight is 425 g/mol. The lowest BCUT2D eigenvalue weighted by Gasteiger charge is -2.21. The van der Waals surface area contributed by atoms with Crippen LogP contribution >= 0.6 is 0 Å².